The molecule has 1 amide bonds. The van der Waals surface area contributed by atoms with Gasteiger partial charge >= 0.3 is 5.97 Å². The molecule has 0 fully saturated rings. The fraction of sp³-hybridized carbons (Fsp3) is 0.360. The summed E-state index contributed by atoms with van der Waals surface area (Å²) in [4.78, 5) is 52.6. The van der Waals surface area contributed by atoms with Gasteiger partial charge in [-0.05, 0) is 44.5 Å². The summed E-state index contributed by atoms with van der Waals surface area (Å²) in [7, 11) is 3.16. The van der Waals surface area contributed by atoms with Gasteiger partial charge in [-0.2, -0.15) is 0 Å². The molecule has 4 rings (SSSR count). The Bertz CT molecular complexity index is 1300. The first-order valence-corrected chi connectivity index (χ1v) is 11.0. The number of Topliss-reactive ketones (excluding diaryl/α,β-unsaturated/α-hetero) is 2. The Morgan fingerprint density at radius 3 is 2.58 bits per heavy atom. The molecule has 0 bridgehead atoms. The number of amides is 1. The van der Waals surface area contributed by atoms with E-state index in [2.05, 4.69) is 4.74 Å². The van der Waals surface area contributed by atoms with Crippen molar-refractivity contribution in [3.05, 3.63) is 52.0 Å². The smallest absolute Gasteiger partial charge is 0.358 e. The van der Waals surface area contributed by atoms with Crippen LogP contribution in [0.1, 0.15) is 22.3 Å². The van der Waals surface area contributed by atoms with Crippen LogP contribution in [0.4, 0.5) is 0 Å². The number of esters is 1. The van der Waals surface area contributed by atoms with E-state index in [-0.39, 0.29) is 35.5 Å². The highest BCUT2D eigenvalue weighted by Crippen LogP contribution is 2.52. The number of allylic oxidation sites excluding steroid dienone is 1. The summed E-state index contributed by atoms with van der Waals surface area (Å²) < 4.78 is 9.90. The maximum absolute atomic E-state index is 13.6. The SMILES string of the molecule is C#COC(=O)COC1=C(C(N)=O)C(=O)[C@@]2(O)C(O)=C3C(=O)c4c(O)cccc4C[C@H]3C[C@H]2[C@@H]1N(C)C. The fourth-order valence-corrected chi connectivity index (χ4v) is 5.55. The van der Waals surface area contributed by atoms with Crippen LogP contribution in [0.3, 0.4) is 0 Å². The van der Waals surface area contributed by atoms with Crippen molar-refractivity contribution in [3.63, 3.8) is 0 Å². The molecular weight excluding hydrogens is 472 g/mol. The summed E-state index contributed by atoms with van der Waals surface area (Å²) in [6.07, 6.45) is 6.90. The molecule has 5 N–H and O–H groups in total. The van der Waals surface area contributed by atoms with Gasteiger partial charge < -0.3 is 30.5 Å². The minimum Gasteiger partial charge on any atom is -0.508 e. The van der Waals surface area contributed by atoms with Gasteiger partial charge in [-0.15, -0.1) is 0 Å². The average molecular weight is 496 g/mol. The van der Waals surface area contributed by atoms with Crippen LogP contribution in [-0.2, 0) is 30.3 Å². The summed E-state index contributed by atoms with van der Waals surface area (Å²) in [5.74, 6) is -7.41. The van der Waals surface area contributed by atoms with E-state index in [0.717, 1.165) is 0 Å². The van der Waals surface area contributed by atoms with E-state index in [1.807, 2.05) is 0 Å². The molecule has 0 spiro atoms. The molecule has 0 unspecified atom stereocenters. The van der Waals surface area contributed by atoms with E-state index in [1.165, 1.54) is 11.0 Å². The van der Waals surface area contributed by atoms with E-state index in [4.69, 9.17) is 16.9 Å². The molecule has 1 aromatic carbocycles. The third kappa shape index (κ3) is 3.54. The van der Waals surface area contributed by atoms with E-state index < -0.39 is 64.9 Å². The Morgan fingerprint density at radius 1 is 1.28 bits per heavy atom. The van der Waals surface area contributed by atoms with Gasteiger partial charge in [-0.25, -0.2) is 4.79 Å². The summed E-state index contributed by atoms with van der Waals surface area (Å²) >= 11 is 0. The number of phenols is 1. The number of nitrogens with zero attached hydrogens (tertiary/aromatic N) is 1. The molecule has 36 heavy (non-hydrogen) atoms. The van der Waals surface area contributed by atoms with E-state index in [9.17, 15) is 34.5 Å². The highest BCUT2D eigenvalue weighted by atomic mass is 16.6. The number of primary amides is 1. The molecule has 1 aromatic rings. The Balaban J connectivity index is 1.90. The van der Waals surface area contributed by atoms with Crippen molar-refractivity contribution < 1.29 is 44.0 Å². The van der Waals surface area contributed by atoms with Gasteiger partial charge in [0.15, 0.2) is 18.0 Å². The van der Waals surface area contributed by atoms with Crippen molar-refractivity contribution in [2.75, 3.05) is 20.7 Å². The number of fused-ring (bicyclic) bond motifs is 3. The molecule has 11 nitrogen and oxygen atoms in total. The Hall–Kier alpha value is -4.14. The Labute approximate surface area is 205 Å². The number of benzene rings is 1. The molecular formula is C25H24N2O9. The second-order valence-electron chi connectivity index (χ2n) is 9.13. The standard InChI is InChI=1S/C25H24N2O9/c1-4-35-15(29)10-36-21-18(24(26)33)23(32)25(34)13(19(21)27(2)3)9-12-8-11-6-5-7-14(28)16(11)20(30)17(12)22(25)31/h1,5-7,12-13,19,28,31,34H,8-10H2,2-3H3,(H2,26,33)/t12-,13-,19-,25-/m0/s1. The van der Waals surface area contributed by atoms with Crippen molar-refractivity contribution in [2.45, 2.75) is 24.5 Å². The number of nitrogens with two attached hydrogens (primary N) is 1. The van der Waals surface area contributed by atoms with Crippen LogP contribution >= 0.6 is 0 Å². The van der Waals surface area contributed by atoms with Crippen LogP contribution in [0.25, 0.3) is 0 Å². The Morgan fingerprint density at radius 2 is 1.97 bits per heavy atom. The number of aliphatic hydroxyl groups is 2. The molecule has 11 heteroatoms. The highest BCUT2D eigenvalue weighted by molar-refractivity contribution is 6.24. The maximum Gasteiger partial charge on any atom is 0.358 e. The van der Waals surface area contributed by atoms with Gasteiger partial charge in [0.05, 0.1) is 11.6 Å². The first kappa shape index (κ1) is 25.0. The van der Waals surface area contributed by atoms with Crippen LogP contribution in [-0.4, -0.2) is 76.0 Å². The zero-order chi connectivity index (χ0) is 26.5. The lowest BCUT2D eigenvalue weighted by Gasteiger charge is -2.50. The highest BCUT2D eigenvalue weighted by Gasteiger charge is 2.63. The number of ether oxygens (including phenoxy) is 2. The molecule has 3 aliphatic rings. The topological polar surface area (TPSA) is 177 Å². The van der Waals surface area contributed by atoms with Crippen molar-refractivity contribution in [3.8, 4) is 18.3 Å². The minimum absolute atomic E-state index is 0.0218. The van der Waals surface area contributed by atoms with Gasteiger partial charge in [-0.1, -0.05) is 18.6 Å². The van der Waals surface area contributed by atoms with Crippen LogP contribution in [0.2, 0.25) is 0 Å². The van der Waals surface area contributed by atoms with Crippen molar-refractivity contribution in [1.82, 2.24) is 4.90 Å². The number of aliphatic hydroxyl groups excluding tert-OH is 1. The summed E-state index contributed by atoms with van der Waals surface area (Å²) in [5, 5.41) is 33.2. The quantitative estimate of drug-likeness (QED) is 0.241. The minimum atomic E-state index is -2.69. The molecule has 0 aliphatic heterocycles. The van der Waals surface area contributed by atoms with Gasteiger partial charge in [0.25, 0.3) is 5.91 Å². The molecule has 0 heterocycles. The van der Waals surface area contributed by atoms with Gasteiger partial charge in [0.1, 0.15) is 28.9 Å². The number of hydrogen-bond acceptors (Lipinski definition) is 10. The number of likely N-dealkylation sites (N-methyl/N-ethyl adjacent to an activating group) is 1. The largest absolute Gasteiger partial charge is 0.508 e. The number of aromatic hydroxyl groups is 1. The molecule has 0 radical (unpaired) electrons. The molecule has 4 atom stereocenters. The first-order valence-electron chi connectivity index (χ1n) is 11.0. The number of rotatable bonds is 5. The number of carbonyl (C=O) groups excluding carboxylic acids is 4. The molecule has 0 saturated carbocycles. The number of hydrogen-bond donors (Lipinski definition) is 4. The van der Waals surface area contributed by atoms with E-state index >= 15 is 0 Å². The fourth-order valence-electron chi connectivity index (χ4n) is 5.55. The van der Waals surface area contributed by atoms with Gasteiger partial charge in [0.2, 0.25) is 5.78 Å². The summed E-state index contributed by atoms with van der Waals surface area (Å²) in [6, 6.07) is 3.57. The number of terminal acetylenes is 1. The van der Waals surface area contributed by atoms with Crippen LogP contribution in [0.15, 0.2) is 40.9 Å². The molecule has 0 aromatic heterocycles. The number of carbonyl (C=O) groups is 4. The van der Waals surface area contributed by atoms with Gasteiger partial charge in [-0.3, -0.25) is 19.3 Å². The van der Waals surface area contributed by atoms with Gasteiger partial charge in [0, 0.05) is 11.5 Å². The lowest BCUT2D eigenvalue weighted by molar-refractivity contribution is -0.151. The predicted octanol–water partition coefficient (Wildman–Crippen LogP) is -0.287. The first-order chi connectivity index (χ1) is 16.9. The second-order valence-corrected chi connectivity index (χ2v) is 9.13. The zero-order valence-corrected chi connectivity index (χ0v) is 19.5. The predicted molar refractivity (Wildman–Crippen MR) is 122 cm³/mol. The third-order valence-corrected chi connectivity index (χ3v) is 6.96. The Kier molecular flexibility index (Phi) is 6.12. The summed E-state index contributed by atoms with van der Waals surface area (Å²) in [6.45, 7) is -0.749. The number of ketones is 2. The van der Waals surface area contributed by atoms with E-state index in [1.54, 1.807) is 32.3 Å². The maximum atomic E-state index is 13.6. The monoisotopic (exact) mass is 496 g/mol. The molecule has 188 valence electrons. The number of phenolic OH excluding ortho intramolecular Hbond substituents is 1. The third-order valence-electron chi connectivity index (χ3n) is 6.96. The average Bonchev–Trinajstić information content (AvgIpc) is 2.79. The van der Waals surface area contributed by atoms with Crippen LogP contribution in [0.5, 0.6) is 5.75 Å². The normalized spacial score (nSPS) is 27.1. The van der Waals surface area contributed by atoms with Crippen molar-refractivity contribution >= 4 is 23.4 Å². The zero-order valence-electron chi connectivity index (χ0n) is 19.5. The molecule has 0 saturated heterocycles. The lowest BCUT2D eigenvalue weighted by atomic mass is 9.58. The molecule has 3 aliphatic carbocycles. The lowest BCUT2D eigenvalue weighted by Crippen LogP contribution is -2.64. The van der Waals surface area contributed by atoms with E-state index in [0.29, 0.717) is 5.56 Å². The van der Waals surface area contributed by atoms with Crippen LogP contribution < -0.4 is 5.73 Å². The van der Waals surface area contributed by atoms with Crippen LogP contribution in [0, 0.1) is 24.4 Å². The summed E-state index contributed by atoms with van der Waals surface area (Å²) in [5.41, 5.74) is 2.34. The second kappa shape index (κ2) is 8.82. The van der Waals surface area contributed by atoms with Crippen molar-refractivity contribution in [2.24, 2.45) is 17.6 Å². The van der Waals surface area contributed by atoms with Crippen molar-refractivity contribution in [1.29, 1.82) is 0 Å².